The van der Waals surface area contributed by atoms with Crippen LogP contribution < -0.4 is 10.1 Å². The first kappa shape index (κ1) is 14.3. The number of benzene rings is 1. The third kappa shape index (κ3) is 3.96. The maximum atomic E-state index is 5.32. The lowest BCUT2D eigenvalue weighted by Crippen LogP contribution is -2.04. The van der Waals surface area contributed by atoms with Crippen LogP contribution in [0, 0.1) is 0 Å². The molecule has 4 nitrogen and oxygen atoms in total. The number of anilines is 1. The van der Waals surface area contributed by atoms with Crippen molar-refractivity contribution in [3.05, 3.63) is 53.7 Å². The topological polar surface area (TPSA) is 43.4 Å². The molecule has 1 N–H and O–H groups in total. The van der Waals surface area contributed by atoms with Gasteiger partial charge in [0.15, 0.2) is 0 Å². The van der Waals surface area contributed by atoms with Crippen molar-refractivity contribution in [2.45, 2.75) is 20.1 Å². The molecule has 0 saturated heterocycles. The normalized spacial score (nSPS) is 10.3. The summed E-state index contributed by atoms with van der Waals surface area (Å²) < 4.78 is 10.5. The van der Waals surface area contributed by atoms with Crippen LogP contribution >= 0.6 is 0 Å². The Morgan fingerprint density at radius 1 is 1.10 bits per heavy atom. The van der Waals surface area contributed by atoms with Crippen molar-refractivity contribution in [2.24, 2.45) is 0 Å². The highest BCUT2D eigenvalue weighted by Gasteiger charge is 2.02. The molecule has 0 fully saturated rings. The van der Waals surface area contributed by atoms with Crippen molar-refractivity contribution in [1.29, 1.82) is 0 Å². The highest BCUT2D eigenvalue weighted by atomic mass is 16.5. The maximum absolute atomic E-state index is 5.32. The lowest BCUT2D eigenvalue weighted by Gasteiger charge is -2.11. The Labute approximate surface area is 119 Å². The van der Waals surface area contributed by atoms with E-state index in [1.54, 1.807) is 13.3 Å². The van der Waals surface area contributed by atoms with Crippen LogP contribution in [-0.2, 0) is 17.9 Å². The molecule has 1 heterocycles. The van der Waals surface area contributed by atoms with Crippen LogP contribution in [0.4, 0.5) is 5.69 Å². The molecule has 0 atom stereocenters. The Morgan fingerprint density at radius 2 is 1.90 bits per heavy atom. The second-order valence-electron chi connectivity index (χ2n) is 4.37. The average molecular weight is 272 g/mol. The van der Waals surface area contributed by atoms with E-state index in [2.05, 4.69) is 22.4 Å². The summed E-state index contributed by atoms with van der Waals surface area (Å²) in [7, 11) is 1.71. The molecule has 0 aliphatic rings. The van der Waals surface area contributed by atoms with Gasteiger partial charge in [-0.3, -0.25) is 0 Å². The van der Waals surface area contributed by atoms with Crippen LogP contribution in [0.2, 0.25) is 0 Å². The third-order valence-corrected chi connectivity index (χ3v) is 2.93. The minimum absolute atomic E-state index is 0.624. The van der Waals surface area contributed by atoms with E-state index in [1.807, 2.05) is 31.2 Å². The fourth-order valence-corrected chi connectivity index (χ4v) is 1.94. The summed E-state index contributed by atoms with van der Waals surface area (Å²) in [6.45, 7) is 3.94. The largest absolute Gasteiger partial charge is 0.478 e. The molecule has 0 amide bonds. The minimum Gasteiger partial charge on any atom is -0.478 e. The predicted octanol–water partition coefficient (Wildman–Crippen LogP) is 3.24. The van der Waals surface area contributed by atoms with Gasteiger partial charge >= 0.3 is 0 Å². The Bertz CT molecular complexity index is 526. The number of hydrogen-bond donors (Lipinski definition) is 1. The van der Waals surface area contributed by atoms with Crippen LogP contribution in [0.5, 0.6) is 5.88 Å². The quantitative estimate of drug-likeness (QED) is 0.840. The molecule has 0 unspecified atom stereocenters. The molecule has 0 bridgehead atoms. The Kier molecular flexibility index (Phi) is 5.38. The van der Waals surface area contributed by atoms with E-state index in [0.29, 0.717) is 19.1 Å². The molecule has 0 saturated carbocycles. The monoisotopic (exact) mass is 272 g/mol. The van der Waals surface area contributed by atoms with Crippen LogP contribution in [-0.4, -0.2) is 18.7 Å². The molecule has 106 valence electrons. The van der Waals surface area contributed by atoms with E-state index in [0.717, 1.165) is 12.2 Å². The molecule has 0 aliphatic carbocycles. The van der Waals surface area contributed by atoms with Gasteiger partial charge in [0.1, 0.15) is 0 Å². The van der Waals surface area contributed by atoms with Crippen LogP contribution in [0.1, 0.15) is 18.1 Å². The molecule has 0 aliphatic heterocycles. The number of aromatic nitrogens is 1. The van der Waals surface area contributed by atoms with Crippen LogP contribution in [0.3, 0.4) is 0 Å². The first-order valence-electron chi connectivity index (χ1n) is 6.72. The van der Waals surface area contributed by atoms with E-state index < -0.39 is 0 Å². The molecular weight excluding hydrogens is 252 g/mol. The number of nitrogens with zero attached hydrogens (tertiary/aromatic N) is 1. The van der Waals surface area contributed by atoms with Gasteiger partial charge in [0.2, 0.25) is 5.88 Å². The van der Waals surface area contributed by atoms with E-state index in [9.17, 15) is 0 Å². The number of pyridine rings is 1. The molecule has 2 aromatic rings. The summed E-state index contributed by atoms with van der Waals surface area (Å²) in [4.78, 5) is 4.23. The molecular formula is C16H20N2O2. The molecule has 2 rings (SSSR count). The molecule has 1 aromatic carbocycles. The Morgan fingerprint density at radius 3 is 2.55 bits per heavy atom. The smallest absolute Gasteiger partial charge is 0.213 e. The SMILES string of the molecule is CCOc1ccc(NCc2ccccc2COC)cn1. The molecule has 1 aromatic heterocycles. The minimum atomic E-state index is 0.624. The molecule has 20 heavy (non-hydrogen) atoms. The fraction of sp³-hybridized carbons (Fsp3) is 0.312. The zero-order valence-corrected chi connectivity index (χ0v) is 11.9. The Hall–Kier alpha value is -2.07. The predicted molar refractivity (Wildman–Crippen MR) is 79.9 cm³/mol. The van der Waals surface area contributed by atoms with E-state index in [1.165, 1.54) is 11.1 Å². The van der Waals surface area contributed by atoms with E-state index >= 15 is 0 Å². The lowest BCUT2D eigenvalue weighted by molar-refractivity contribution is 0.184. The van der Waals surface area contributed by atoms with Gasteiger partial charge in [-0.2, -0.15) is 0 Å². The number of hydrogen-bond acceptors (Lipinski definition) is 4. The third-order valence-electron chi connectivity index (χ3n) is 2.93. The second-order valence-corrected chi connectivity index (χ2v) is 4.37. The van der Waals surface area contributed by atoms with Crippen LogP contribution in [0.15, 0.2) is 42.6 Å². The summed E-state index contributed by atoms with van der Waals surface area (Å²) >= 11 is 0. The maximum Gasteiger partial charge on any atom is 0.213 e. The first-order valence-corrected chi connectivity index (χ1v) is 6.72. The highest BCUT2D eigenvalue weighted by Crippen LogP contribution is 2.15. The zero-order chi connectivity index (χ0) is 14.2. The van der Waals surface area contributed by atoms with Gasteiger partial charge in [-0.25, -0.2) is 4.98 Å². The van der Waals surface area contributed by atoms with Gasteiger partial charge in [0.05, 0.1) is 25.1 Å². The second kappa shape index (κ2) is 7.50. The van der Waals surface area contributed by atoms with Crippen molar-refractivity contribution in [3.63, 3.8) is 0 Å². The first-order chi connectivity index (χ1) is 9.83. The lowest BCUT2D eigenvalue weighted by atomic mass is 10.1. The highest BCUT2D eigenvalue weighted by molar-refractivity contribution is 5.43. The molecule has 4 heteroatoms. The van der Waals surface area contributed by atoms with Gasteiger partial charge in [-0.05, 0) is 24.1 Å². The van der Waals surface area contributed by atoms with Gasteiger partial charge in [0.25, 0.3) is 0 Å². The van der Waals surface area contributed by atoms with Crippen molar-refractivity contribution in [2.75, 3.05) is 19.0 Å². The average Bonchev–Trinajstić information content (AvgIpc) is 2.48. The van der Waals surface area contributed by atoms with Crippen molar-refractivity contribution in [3.8, 4) is 5.88 Å². The number of methoxy groups -OCH3 is 1. The number of rotatable bonds is 7. The standard InChI is InChI=1S/C16H20N2O2/c1-3-20-16-9-8-15(11-18-16)17-10-13-6-4-5-7-14(13)12-19-2/h4-9,11,17H,3,10,12H2,1-2H3. The van der Waals surface area contributed by atoms with Crippen molar-refractivity contribution in [1.82, 2.24) is 4.98 Å². The van der Waals surface area contributed by atoms with E-state index in [4.69, 9.17) is 9.47 Å². The van der Waals surface area contributed by atoms with Gasteiger partial charge < -0.3 is 14.8 Å². The molecule has 0 spiro atoms. The molecule has 0 radical (unpaired) electrons. The van der Waals surface area contributed by atoms with Crippen LogP contribution in [0.25, 0.3) is 0 Å². The summed E-state index contributed by atoms with van der Waals surface area (Å²) in [6, 6.07) is 12.1. The van der Waals surface area contributed by atoms with Gasteiger partial charge in [-0.1, -0.05) is 24.3 Å². The number of nitrogens with one attached hydrogen (secondary N) is 1. The van der Waals surface area contributed by atoms with Crippen molar-refractivity contribution < 1.29 is 9.47 Å². The van der Waals surface area contributed by atoms with E-state index in [-0.39, 0.29) is 0 Å². The van der Waals surface area contributed by atoms with Gasteiger partial charge in [0, 0.05) is 19.7 Å². The summed E-state index contributed by atoms with van der Waals surface area (Å²) in [5.74, 6) is 0.651. The van der Waals surface area contributed by atoms with Gasteiger partial charge in [-0.15, -0.1) is 0 Å². The van der Waals surface area contributed by atoms with Crippen molar-refractivity contribution >= 4 is 5.69 Å². The summed E-state index contributed by atoms with van der Waals surface area (Å²) in [6.07, 6.45) is 1.78. The zero-order valence-electron chi connectivity index (χ0n) is 11.9. The fourth-order valence-electron chi connectivity index (χ4n) is 1.94. The number of ether oxygens (including phenoxy) is 2. The summed E-state index contributed by atoms with van der Waals surface area (Å²) in [5, 5.41) is 3.36. The summed E-state index contributed by atoms with van der Waals surface area (Å²) in [5.41, 5.74) is 3.39. The Balaban J connectivity index is 1.97.